The minimum absolute atomic E-state index is 0.0593. The number of benzene rings is 1. The fourth-order valence-corrected chi connectivity index (χ4v) is 1.66. The second-order valence-electron chi connectivity index (χ2n) is 4.12. The summed E-state index contributed by atoms with van der Waals surface area (Å²) in [5.74, 6) is 0.450. The first-order valence-electron chi connectivity index (χ1n) is 5.90. The van der Waals surface area contributed by atoms with Gasteiger partial charge in [0, 0.05) is 25.3 Å². The monoisotopic (exact) mass is 248 g/mol. The maximum atomic E-state index is 12.2. The molecule has 0 aliphatic rings. The molecule has 18 heavy (non-hydrogen) atoms. The number of nitrogens with zero attached hydrogens (tertiary/aromatic N) is 1. The zero-order valence-electron chi connectivity index (χ0n) is 11.0. The Morgan fingerprint density at radius 2 is 2.28 bits per heavy atom. The van der Waals surface area contributed by atoms with Crippen LogP contribution in [-0.4, -0.2) is 31.5 Å². The van der Waals surface area contributed by atoms with Gasteiger partial charge in [0.15, 0.2) is 0 Å². The number of methoxy groups -OCH3 is 1. The van der Waals surface area contributed by atoms with Crippen molar-refractivity contribution >= 4 is 11.6 Å². The molecule has 0 unspecified atom stereocenters. The first-order valence-corrected chi connectivity index (χ1v) is 5.90. The van der Waals surface area contributed by atoms with Gasteiger partial charge in [-0.2, -0.15) is 0 Å². The minimum Gasteiger partial charge on any atom is -0.496 e. The van der Waals surface area contributed by atoms with Crippen LogP contribution >= 0.6 is 0 Å². The third-order valence-electron chi connectivity index (χ3n) is 2.70. The Morgan fingerprint density at radius 3 is 2.89 bits per heavy atom. The third kappa shape index (κ3) is 3.52. The summed E-state index contributed by atoms with van der Waals surface area (Å²) < 4.78 is 5.18. The van der Waals surface area contributed by atoms with Crippen LogP contribution in [0.1, 0.15) is 23.2 Å². The Morgan fingerprint density at radius 1 is 1.56 bits per heavy atom. The van der Waals surface area contributed by atoms with Crippen molar-refractivity contribution in [1.82, 2.24) is 4.90 Å². The molecule has 1 amide bonds. The van der Waals surface area contributed by atoms with Gasteiger partial charge in [0.2, 0.25) is 0 Å². The molecule has 1 aromatic carbocycles. The molecule has 0 aliphatic heterocycles. The lowest BCUT2D eigenvalue weighted by atomic mass is 10.1. The number of unbranched alkanes of at least 4 members (excludes halogenated alkanes) is 1. The molecule has 0 aromatic heterocycles. The molecule has 0 fully saturated rings. The first-order chi connectivity index (χ1) is 8.60. The van der Waals surface area contributed by atoms with Crippen molar-refractivity contribution in [3.63, 3.8) is 0 Å². The molecule has 4 nitrogen and oxygen atoms in total. The van der Waals surface area contributed by atoms with Crippen molar-refractivity contribution in [3.05, 3.63) is 36.4 Å². The normalized spacial score (nSPS) is 9.89. The van der Waals surface area contributed by atoms with E-state index in [9.17, 15) is 4.79 Å². The fourth-order valence-electron chi connectivity index (χ4n) is 1.66. The molecule has 0 heterocycles. The quantitative estimate of drug-likeness (QED) is 0.477. The van der Waals surface area contributed by atoms with E-state index in [1.54, 1.807) is 30.1 Å². The number of ether oxygens (including phenoxy) is 1. The lowest BCUT2D eigenvalue weighted by Gasteiger charge is -2.18. The van der Waals surface area contributed by atoms with E-state index in [2.05, 4.69) is 6.58 Å². The van der Waals surface area contributed by atoms with Crippen LogP contribution in [0.15, 0.2) is 30.9 Å². The van der Waals surface area contributed by atoms with Crippen LogP contribution in [0.3, 0.4) is 0 Å². The summed E-state index contributed by atoms with van der Waals surface area (Å²) in [5.41, 5.74) is 6.78. The van der Waals surface area contributed by atoms with Crippen molar-refractivity contribution in [2.75, 3.05) is 26.4 Å². The summed E-state index contributed by atoms with van der Waals surface area (Å²) in [6.45, 7) is 4.35. The maximum Gasteiger partial charge on any atom is 0.257 e. The minimum atomic E-state index is -0.0593. The molecule has 0 saturated heterocycles. The smallest absolute Gasteiger partial charge is 0.257 e. The van der Waals surface area contributed by atoms with Crippen LogP contribution in [-0.2, 0) is 0 Å². The standard InChI is InChI=1S/C14H20N2O2/c1-4-5-6-9-16(2)14(17)12-8-7-11(15)10-13(12)18-3/h4,7-8,10H,1,5-6,9,15H2,2-3H3. The highest BCUT2D eigenvalue weighted by molar-refractivity contribution is 5.97. The number of nitrogen functional groups attached to an aromatic ring is 1. The van der Waals surface area contributed by atoms with Crippen molar-refractivity contribution < 1.29 is 9.53 Å². The fraction of sp³-hybridized carbons (Fsp3) is 0.357. The van der Waals surface area contributed by atoms with Gasteiger partial charge < -0.3 is 15.4 Å². The molecule has 0 aliphatic carbocycles. The highest BCUT2D eigenvalue weighted by atomic mass is 16.5. The van der Waals surface area contributed by atoms with Crippen LogP contribution in [0.2, 0.25) is 0 Å². The van der Waals surface area contributed by atoms with E-state index in [-0.39, 0.29) is 5.91 Å². The Labute approximate surface area is 108 Å². The molecule has 0 radical (unpaired) electrons. The van der Waals surface area contributed by atoms with Crippen LogP contribution in [0.25, 0.3) is 0 Å². The van der Waals surface area contributed by atoms with E-state index in [0.29, 0.717) is 23.5 Å². The Balaban J connectivity index is 2.79. The van der Waals surface area contributed by atoms with Crippen molar-refractivity contribution in [2.24, 2.45) is 0 Å². The molecule has 0 atom stereocenters. The Hall–Kier alpha value is -1.97. The van der Waals surface area contributed by atoms with E-state index in [0.717, 1.165) is 12.8 Å². The Bertz CT molecular complexity index is 430. The maximum absolute atomic E-state index is 12.2. The Kier molecular flexibility index (Phi) is 5.24. The number of nitrogens with two attached hydrogens (primary N) is 1. The summed E-state index contributed by atoms with van der Waals surface area (Å²) in [4.78, 5) is 13.9. The third-order valence-corrected chi connectivity index (χ3v) is 2.70. The van der Waals surface area contributed by atoms with Gasteiger partial charge in [-0.05, 0) is 25.0 Å². The SMILES string of the molecule is C=CCCCN(C)C(=O)c1ccc(N)cc1OC. The summed E-state index contributed by atoms with van der Waals surface area (Å²) in [6.07, 6.45) is 3.65. The molecule has 0 bridgehead atoms. The molecule has 1 aromatic rings. The average molecular weight is 248 g/mol. The average Bonchev–Trinajstić information content (AvgIpc) is 2.37. The number of carbonyl (C=O) groups excluding carboxylic acids is 1. The summed E-state index contributed by atoms with van der Waals surface area (Å²) >= 11 is 0. The predicted octanol–water partition coefficient (Wildman–Crippen LogP) is 2.32. The number of rotatable bonds is 6. The van der Waals surface area contributed by atoms with Gasteiger partial charge in [0.05, 0.1) is 12.7 Å². The molecular weight excluding hydrogens is 228 g/mol. The molecular formula is C14H20N2O2. The summed E-state index contributed by atoms with van der Waals surface area (Å²) in [5, 5.41) is 0. The number of allylic oxidation sites excluding steroid dienone is 1. The molecule has 1 rings (SSSR count). The van der Waals surface area contributed by atoms with E-state index in [1.165, 1.54) is 7.11 Å². The zero-order chi connectivity index (χ0) is 13.5. The van der Waals surface area contributed by atoms with Gasteiger partial charge in [-0.15, -0.1) is 6.58 Å². The molecule has 4 heteroatoms. The molecule has 98 valence electrons. The number of hydrogen-bond donors (Lipinski definition) is 1. The lowest BCUT2D eigenvalue weighted by Crippen LogP contribution is -2.28. The van der Waals surface area contributed by atoms with Gasteiger partial charge in [-0.3, -0.25) is 4.79 Å². The van der Waals surface area contributed by atoms with Gasteiger partial charge in [0.1, 0.15) is 5.75 Å². The van der Waals surface area contributed by atoms with Crippen LogP contribution < -0.4 is 10.5 Å². The largest absolute Gasteiger partial charge is 0.496 e. The highest BCUT2D eigenvalue weighted by Gasteiger charge is 2.16. The molecule has 0 saturated carbocycles. The summed E-state index contributed by atoms with van der Waals surface area (Å²) in [6, 6.07) is 5.05. The second kappa shape index (κ2) is 6.69. The predicted molar refractivity (Wildman–Crippen MR) is 73.8 cm³/mol. The van der Waals surface area contributed by atoms with Crippen LogP contribution in [0.4, 0.5) is 5.69 Å². The first kappa shape index (κ1) is 14.1. The zero-order valence-corrected chi connectivity index (χ0v) is 11.0. The van der Waals surface area contributed by atoms with Crippen molar-refractivity contribution in [2.45, 2.75) is 12.8 Å². The van der Waals surface area contributed by atoms with Gasteiger partial charge in [-0.25, -0.2) is 0 Å². The number of anilines is 1. The van der Waals surface area contributed by atoms with E-state index in [1.807, 2.05) is 6.08 Å². The van der Waals surface area contributed by atoms with Crippen molar-refractivity contribution in [1.29, 1.82) is 0 Å². The summed E-state index contributed by atoms with van der Waals surface area (Å²) in [7, 11) is 3.31. The number of hydrogen-bond acceptors (Lipinski definition) is 3. The van der Waals surface area contributed by atoms with Crippen molar-refractivity contribution in [3.8, 4) is 5.75 Å². The lowest BCUT2D eigenvalue weighted by molar-refractivity contribution is 0.0790. The van der Waals surface area contributed by atoms with Crippen LogP contribution in [0, 0.1) is 0 Å². The number of amides is 1. The topological polar surface area (TPSA) is 55.6 Å². The van der Waals surface area contributed by atoms with E-state index >= 15 is 0 Å². The number of carbonyl (C=O) groups is 1. The van der Waals surface area contributed by atoms with E-state index < -0.39 is 0 Å². The van der Waals surface area contributed by atoms with Crippen LogP contribution in [0.5, 0.6) is 5.75 Å². The van der Waals surface area contributed by atoms with Gasteiger partial charge in [-0.1, -0.05) is 6.08 Å². The second-order valence-corrected chi connectivity index (χ2v) is 4.12. The molecule has 2 N–H and O–H groups in total. The highest BCUT2D eigenvalue weighted by Crippen LogP contribution is 2.22. The van der Waals surface area contributed by atoms with Gasteiger partial charge >= 0.3 is 0 Å². The van der Waals surface area contributed by atoms with Gasteiger partial charge in [0.25, 0.3) is 5.91 Å². The molecule has 0 spiro atoms. The van der Waals surface area contributed by atoms with E-state index in [4.69, 9.17) is 10.5 Å².